The first-order chi connectivity index (χ1) is 8.49. The normalized spacial score (nSPS) is 12.5. The van der Waals surface area contributed by atoms with Crippen molar-refractivity contribution in [2.24, 2.45) is 5.73 Å². The van der Waals surface area contributed by atoms with E-state index in [1.807, 2.05) is 12.1 Å². The molecular formula is C14H12BrClFN. The fraction of sp³-hybridized carbons (Fsp3) is 0.143. The van der Waals surface area contributed by atoms with Gasteiger partial charge in [-0.15, -0.1) is 0 Å². The van der Waals surface area contributed by atoms with Crippen molar-refractivity contribution >= 4 is 27.5 Å². The summed E-state index contributed by atoms with van der Waals surface area (Å²) in [6.45, 7) is 1.72. The lowest BCUT2D eigenvalue weighted by molar-refractivity contribution is 0.617. The highest BCUT2D eigenvalue weighted by Gasteiger charge is 2.13. The average Bonchev–Trinajstić information content (AvgIpc) is 2.32. The Morgan fingerprint density at radius 1 is 1.22 bits per heavy atom. The first-order valence-corrected chi connectivity index (χ1v) is 6.62. The molecule has 4 heteroatoms. The maximum Gasteiger partial charge on any atom is 0.126 e. The van der Waals surface area contributed by atoms with Crippen LogP contribution in [-0.2, 0) is 0 Å². The minimum absolute atomic E-state index is 0.229. The molecule has 1 unspecified atom stereocenters. The molecule has 0 bridgehead atoms. The average molecular weight is 329 g/mol. The molecule has 0 aliphatic rings. The Labute approximate surface area is 119 Å². The Morgan fingerprint density at radius 3 is 2.56 bits per heavy atom. The van der Waals surface area contributed by atoms with E-state index in [9.17, 15) is 4.39 Å². The van der Waals surface area contributed by atoms with E-state index in [0.29, 0.717) is 10.6 Å². The van der Waals surface area contributed by atoms with Gasteiger partial charge in [-0.25, -0.2) is 4.39 Å². The fourth-order valence-electron chi connectivity index (χ4n) is 1.79. The molecule has 0 amide bonds. The van der Waals surface area contributed by atoms with Crippen molar-refractivity contribution in [3.63, 3.8) is 0 Å². The summed E-state index contributed by atoms with van der Waals surface area (Å²) in [5.74, 6) is -0.229. The van der Waals surface area contributed by atoms with Gasteiger partial charge in [0, 0.05) is 9.50 Å². The Bertz CT molecular complexity index is 586. The van der Waals surface area contributed by atoms with Gasteiger partial charge in [0.1, 0.15) is 5.82 Å². The zero-order valence-electron chi connectivity index (χ0n) is 9.75. The van der Waals surface area contributed by atoms with Crippen LogP contribution in [0.5, 0.6) is 0 Å². The first kappa shape index (κ1) is 13.5. The smallest absolute Gasteiger partial charge is 0.126 e. The Kier molecular flexibility index (Phi) is 4.05. The summed E-state index contributed by atoms with van der Waals surface area (Å²) in [6.07, 6.45) is 0. The SMILES string of the molecule is Cc1cc(C(N)c2ccc(Br)cc2Cl)ccc1F. The second-order valence-corrected chi connectivity index (χ2v) is 5.48. The van der Waals surface area contributed by atoms with Crippen molar-refractivity contribution in [2.75, 3.05) is 0 Å². The molecule has 2 N–H and O–H groups in total. The molecule has 2 aromatic carbocycles. The van der Waals surface area contributed by atoms with E-state index in [2.05, 4.69) is 15.9 Å². The number of hydrogen-bond donors (Lipinski definition) is 1. The van der Waals surface area contributed by atoms with Crippen molar-refractivity contribution in [1.29, 1.82) is 0 Å². The van der Waals surface area contributed by atoms with Crippen LogP contribution in [-0.4, -0.2) is 0 Å². The minimum atomic E-state index is -0.357. The number of benzene rings is 2. The molecule has 0 aliphatic heterocycles. The van der Waals surface area contributed by atoms with E-state index < -0.39 is 0 Å². The molecule has 0 aromatic heterocycles. The molecule has 0 aliphatic carbocycles. The molecule has 0 fully saturated rings. The van der Waals surface area contributed by atoms with Crippen LogP contribution in [0.4, 0.5) is 4.39 Å². The molecular weight excluding hydrogens is 317 g/mol. The Morgan fingerprint density at radius 2 is 1.94 bits per heavy atom. The highest BCUT2D eigenvalue weighted by Crippen LogP contribution is 2.29. The molecule has 0 saturated carbocycles. The quantitative estimate of drug-likeness (QED) is 0.856. The van der Waals surface area contributed by atoms with Crippen LogP contribution < -0.4 is 5.73 Å². The molecule has 18 heavy (non-hydrogen) atoms. The van der Waals surface area contributed by atoms with Crippen molar-refractivity contribution in [2.45, 2.75) is 13.0 Å². The maximum absolute atomic E-state index is 13.2. The van der Waals surface area contributed by atoms with Gasteiger partial charge in [0.05, 0.1) is 6.04 Å². The molecule has 0 heterocycles. The number of nitrogens with two attached hydrogens (primary N) is 1. The Hall–Kier alpha value is -0.900. The lowest BCUT2D eigenvalue weighted by atomic mass is 9.98. The first-order valence-electron chi connectivity index (χ1n) is 5.45. The van der Waals surface area contributed by atoms with Gasteiger partial charge in [-0.3, -0.25) is 0 Å². The Balaban J connectivity index is 2.41. The largest absolute Gasteiger partial charge is 0.320 e. The van der Waals surface area contributed by atoms with Gasteiger partial charge in [0.2, 0.25) is 0 Å². The van der Waals surface area contributed by atoms with E-state index in [0.717, 1.165) is 15.6 Å². The van der Waals surface area contributed by atoms with Gasteiger partial charge in [0.15, 0.2) is 0 Å². The summed E-state index contributed by atoms with van der Waals surface area (Å²) in [4.78, 5) is 0. The molecule has 2 rings (SSSR count). The van der Waals surface area contributed by atoms with Crippen molar-refractivity contribution < 1.29 is 4.39 Å². The molecule has 94 valence electrons. The van der Waals surface area contributed by atoms with Gasteiger partial charge in [-0.2, -0.15) is 0 Å². The third-order valence-electron chi connectivity index (χ3n) is 2.84. The number of aryl methyl sites for hydroxylation is 1. The van der Waals surface area contributed by atoms with Crippen LogP contribution in [0.3, 0.4) is 0 Å². The zero-order chi connectivity index (χ0) is 13.3. The predicted octanol–water partition coefficient (Wildman–Crippen LogP) is 4.60. The topological polar surface area (TPSA) is 26.0 Å². The van der Waals surface area contributed by atoms with Crippen LogP contribution in [0.1, 0.15) is 22.7 Å². The van der Waals surface area contributed by atoms with Crippen LogP contribution in [0.25, 0.3) is 0 Å². The molecule has 1 atom stereocenters. The van der Waals surface area contributed by atoms with Gasteiger partial charge in [0.25, 0.3) is 0 Å². The highest BCUT2D eigenvalue weighted by molar-refractivity contribution is 9.10. The van der Waals surface area contributed by atoms with E-state index in [1.54, 1.807) is 25.1 Å². The second kappa shape index (κ2) is 5.39. The summed E-state index contributed by atoms with van der Waals surface area (Å²) in [6, 6.07) is 10.1. The van der Waals surface area contributed by atoms with E-state index in [1.165, 1.54) is 6.07 Å². The number of rotatable bonds is 2. The van der Waals surface area contributed by atoms with Crippen LogP contribution in [0, 0.1) is 12.7 Å². The molecule has 1 nitrogen and oxygen atoms in total. The summed E-state index contributed by atoms with van der Waals surface area (Å²) in [7, 11) is 0. The summed E-state index contributed by atoms with van der Waals surface area (Å²) < 4.78 is 14.1. The van der Waals surface area contributed by atoms with E-state index in [-0.39, 0.29) is 11.9 Å². The third-order valence-corrected chi connectivity index (χ3v) is 3.66. The van der Waals surface area contributed by atoms with Crippen LogP contribution in [0.2, 0.25) is 5.02 Å². The van der Waals surface area contributed by atoms with Gasteiger partial charge in [-0.1, -0.05) is 45.7 Å². The van der Waals surface area contributed by atoms with Gasteiger partial charge in [-0.05, 0) is 41.8 Å². The standard InChI is InChI=1S/C14H12BrClFN/c1-8-6-9(2-5-13(8)17)14(18)11-4-3-10(15)7-12(11)16/h2-7,14H,18H2,1H3. The van der Waals surface area contributed by atoms with Crippen LogP contribution in [0.15, 0.2) is 40.9 Å². The van der Waals surface area contributed by atoms with Crippen molar-refractivity contribution in [3.8, 4) is 0 Å². The minimum Gasteiger partial charge on any atom is -0.320 e. The number of hydrogen-bond acceptors (Lipinski definition) is 1. The summed E-state index contributed by atoms with van der Waals surface area (Å²) in [5.41, 5.74) is 8.41. The van der Waals surface area contributed by atoms with Gasteiger partial charge >= 0.3 is 0 Å². The summed E-state index contributed by atoms with van der Waals surface area (Å²) in [5, 5.41) is 0.596. The van der Waals surface area contributed by atoms with Crippen LogP contribution >= 0.6 is 27.5 Å². The maximum atomic E-state index is 13.2. The lowest BCUT2D eigenvalue weighted by Gasteiger charge is -2.15. The third kappa shape index (κ3) is 2.74. The van der Waals surface area contributed by atoms with E-state index >= 15 is 0 Å². The zero-order valence-corrected chi connectivity index (χ0v) is 12.1. The second-order valence-electron chi connectivity index (χ2n) is 4.15. The molecule has 0 spiro atoms. The van der Waals surface area contributed by atoms with E-state index in [4.69, 9.17) is 17.3 Å². The van der Waals surface area contributed by atoms with Gasteiger partial charge < -0.3 is 5.73 Å². The molecule has 2 aromatic rings. The predicted molar refractivity (Wildman–Crippen MR) is 76.3 cm³/mol. The molecule has 0 saturated heterocycles. The van der Waals surface area contributed by atoms with Crippen molar-refractivity contribution in [1.82, 2.24) is 0 Å². The summed E-state index contributed by atoms with van der Waals surface area (Å²) >= 11 is 9.51. The highest BCUT2D eigenvalue weighted by atomic mass is 79.9. The number of halogens is 3. The molecule has 0 radical (unpaired) electrons. The fourth-order valence-corrected chi connectivity index (χ4v) is 2.59. The van der Waals surface area contributed by atoms with Crippen molar-refractivity contribution in [3.05, 3.63) is 68.4 Å². The monoisotopic (exact) mass is 327 g/mol. The lowest BCUT2D eigenvalue weighted by Crippen LogP contribution is -2.12.